The van der Waals surface area contributed by atoms with Crippen molar-refractivity contribution in [2.45, 2.75) is 45.8 Å². The van der Waals surface area contributed by atoms with E-state index < -0.39 is 0 Å². The zero-order valence-corrected chi connectivity index (χ0v) is 18.0. The smallest absolute Gasteiger partial charge is 0.256 e. The molecule has 0 unspecified atom stereocenters. The van der Waals surface area contributed by atoms with Crippen LogP contribution in [0.2, 0.25) is 0 Å². The van der Waals surface area contributed by atoms with Gasteiger partial charge >= 0.3 is 0 Å². The first-order valence-electron chi connectivity index (χ1n) is 10.7. The van der Waals surface area contributed by atoms with E-state index in [0.717, 1.165) is 29.7 Å². The van der Waals surface area contributed by atoms with Crippen molar-refractivity contribution in [1.29, 1.82) is 0 Å². The Hall–Kier alpha value is -2.86. The van der Waals surface area contributed by atoms with Gasteiger partial charge in [-0.2, -0.15) is 0 Å². The van der Waals surface area contributed by atoms with E-state index in [1.165, 1.54) is 0 Å². The fourth-order valence-electron chi connectivity index (χ4n) is 3.55. The average molecular weight is 410 g/mol. The highest BCUT2D eigenvalue weighted by Crippen LogP contribution is 2.34. The first-order valence-corrected chi connectivity index (χ1v) is 10.7. The Bertz CT molecular complexity index is 884. The van der Waals surface area contributed by atoms with Crippen LogP contribution in [0.1, 0.15) is 66.1 Å². The third kappa shape index (κ3) is 5.00. The van der Waals surface area contributed by atoms with Crippen molar-refractivity contribution < 1.29 is 14.3 Å². The molecule has 3 rings (SSSR count). The molecule has 0 aliphatic carbocycles. The molecule has 0 bridgehead atoms. The van der Waals surface area contributed by atoms with Crippen molar-refractivity contribution in [1.82, 2.24) is 10.2 Å². The Morgan fingerprint density at radius 3 is 2.73 bits per heavy atom. The van der Waals surface area contributed by atoms with E-state index in [1.807, 2.05) is 68.1 Å². The Morgan fingerprint density at radius 2 is 1.97 bits per heavy atom. The lowest BCUT2D eigenvalue weighted by molar-refractivity contribution is 0.0708. The summed E-state index contributed by atoms with van der Waals surface area (Å²) in [5, 5.41) is 6.46. The second kappa shape index (κ2) is 10.3. The summed E-state index contributed by atoms with van der Waals surface area (Å²) in [5.74, 6) is -0.0743. The molecule has 160 valence electrons. The number of rotatable bonds is 10. The van der Waals surface area contributed by atoms with Gasteiger partial charge in [-0.3, -0.25) is 9.59 Å². The van der Waals surface area contributed by atoms with Crippen LogP contribution in [0.4, 0.5) is 5.69 Å². The predicted molar refractivity (Wildman–Crippen MR) is 119 cm³/mol. The Kier molecular flexibility index (Phi) is 7.46. The monoisotopic (exact) mass is 409 g/mol. The van der Waals surface area contributed by atoms with Crippen molar-refractivity contribution in [3.8, 4) is 0 Å². The molecule has 2 N–H and O–H groups in total. The topological polar surface area (TPSA) is 70.7 Å². The van der Waals surface area contributed by atoms with E-state index in [9.17, 15) is 9.59 Å². The standard InChI is InChI=1S/C24H31N3O3/c1-4-17(3)25-23(28)18-10-8-11-19(16-18)26-22-20-12-6-7-13-21(20)24(29)27(22)14-9-15-30-5-2/h6-8,10-13,16-17,22,26H,4-5,9,14-15H2,1-3H3,(H,25,28)/t17-,22+/m1/s1. The summed E-state index contributed by atoms with van der Waals surface area (Å²) in [5.41, 5.74) is 3.07. The van der Waals surface area contributed by atoms with Crippen molar-refractivity contribution in [3.05, 3.63) is 65.2 Å². The second-order valence-electron chi connectivity index (χ2n) is 7.55. The van der Waals surface area contributed by atoms with E-state index in [4.69, 9.17) is 4.74 Å². The largest absolute Gasteiger partial charge is 0.382 e. The average Bonchev–Trinajstić information content (AvgIpc) is 3.02. The fraction of sp³-hybridized carbons (Fsp3) is 0.417. The molecule has 0 saturated heterocycles. The third-order valence-electron chi connectivity index (χ3n) is 5.37. The van der Waals surface area contributed by atoms with Gasteiger partial charge in [-0.05, 0) is 51.0 Å². The summed E-state index contributed by atoms with van der Waals surface area (Å²) in [6, 6.07) is 15.2. The lowest BCUT2D eigenvalue weighted by Crippen LogP contribution is -2.34. The summed E-state index contributed by atoms with van der Waals surface area (Å²) in [6.07, 6.45) is 1.37. The quantitative estimate of drug-likeness (QED) is 0.577. The zero-order chi connectivity index (χ0) is 21.5. The Labute approximate surface area is 178 Å². The number of nitrogens with zero attached hydrogens (tertiary/aromatic N) is 1. The molecule has 2 aromatic rings. The molecule has 1 heterocycles. The lowest BCUT2D eigenvalue weighted by Gasteiger charge is -2.27. The number of fused-ring (bicyclic) bond motifs is 1. The molecule has 0 radical (unpaired) electrons. The van der Waals surface area contributed by atoms with Gasteiger partial charge in [-0.25, -0.2) is 0 Å². The van der Waals surface area contributed by atoms with Crippen LogP contribution in [0.5, 0.6) is 0 Å². The van der Waals surface area contributed by atoms with Crippen LogP contribution < -0.4 is 10.6 Å². The number of amides is 2. The zero-order valence-electron chi connectivity index (χ0n) is 18.0. The van der Waals surface area contributed by atoms with E-state index in [-0.39, 0.29) is 24.0 Å². The number of carbonyl (C=O) groups is 2. The van der Waals surface area contributed by atoms with Crippen LogP contribution in [-0.2, 0) is 4.74 Å². The molecule has 0 saturated carbocycles. The predicted octanol–water partition coefficient (Wildman–Crippen LogP) is 4.21. The molecule has 6 heteroatoms. The van der Waals surface area contributed by atoms with Gasteiger partial charge in [0.05, 0.1) is 0 Å². The third-order valence-corrected chi connectivity index (χ3v) is 5.37. The fourth-order valence-corrected chi connectivity index (χ4v) is 3.55. The minimum Gasteiger partial charge on any atom is -0.382 e. The summed E-state index contributed by atoms with van der Waals surface area (Å²) < 4.78 is 5.44. The maximum absolute atomic E-state index is 13.0. The van der Waals surface area contributed by atoms with Crippen molar-refractivity contribution >= 4 is 17.5 Å². The maximum Gasteiger partial charge on any atom is 0.256 e. The van der Waals surface area contributed by atoms with Crippen LogP contribution >= 0.6 is 0 Å². The van der Waals surface area contributed by atoms with Gasteiger partial charge in [0, 0.05) is 48.2 Å². The highest BCUT2D eigenvalue weighted by atomic mass is 16.5. The van der Waals surface area contributed by atoms with Crippen molar-refractivity contribution in [3.63, 3.8) is 0 Å². The van der Waals surface area contributed by atoms with Crippen LogP contribution in [0.15, 0.2) is 48.5 Å². The number of benzene rings is 2. The van der Waals surface area contributed by atoms with Gasteiger partial charge in [0.1, 0.15) is 6.17 Å². The van der Waals surface area contributed by atoms with Gasteiger partial charge in [-0.1, -0.05) is 31.2 Å². The number of nitrogens with one attached hydrogen (secondary N) is 2. The lowest BCUT2D eigenvalue weighted by atomic mass is 10.1. The van der Waals surface area contributed by atoms with Gasteiger partial charge in [0.25, 0.3) is 11.8 Å². The minimum absolute atomic E-state index is 0.0188. The minimum atomic E-state index is -0.275. The molecular weight excluding hydrogens is 378 g/mol. The number of carbonyl (C=O) groups excluding carboxylic acids is 2. The highest BCUT2D eigenvalue weighted by molar-refractivity contribution is 5.99. The maximum atomic E-state index is 13.0. The van der Waals surface area contributed by atoms with Crippen LogP contribution in [0.25, 0.3) is 0 Å². The van der Waals surface area contributed by atoms with Gasteiger partial charge in [0.15, 0.2) is 0 Å². The SMILES string of the molecule is CCOCCCN1C(=O)c2ccccc2[C@H]1Nc1cccc(C(=O)N[C@H](C)CC)c1. The molecule has 30 heavy (non-hydrogen) atoms. The van der Waals surface area contributed by atoms with Crippen LogP contribution in [0, 0.1) is 0 Å². The van der Waals surface area contributed by atoms with Crippen LogP contribution in [0.3, 0.4) is 0 Å². The number of hydrogen-bond acceptors (Lipinski definition) is 4. The van der Waals surface area contributed by atoms with Crippen molar-refractivity contribution in [2.24, 2.45) is 0 Å². The summed E-state index contributed by atoms with van der Waals surface area (Å²) in [7, 11) is 0. The van der Waals surface area contributed by atoms with E-state index in [0.29, 0.717) is 25.3 Å². The first kappa shape index (κ1) is 21.8. The summed E-state index contributed by atoms with van der Waals surface area (Å²) >= 11 is 0. The normalized spacial score (nSPS) is 16.3. The number of hydrogen-bond donors (Lipinski definition) is 2. The number of ether oxygens (including phenoxy) is 1. The molecule has 0 spiro atoms. The van der Waals surface area contributed by atoms with Gasteiger partial charge < -0.3 is 20.3 Å². The van der Waals surface area contributed by atoms with Crippen LogP contribution in [-0.4, -0.2) is 42.5 Å². The molecular formula is C24H31N3O3. The number of anilines is 1. The van der Waals surface area contributed by atoms with E-state index in [2.05, 4.69) is 10.6 Å². The second-order valence-corrected chi connectivity index (χ2v) is 7.55. The molecule has 1 aliphatic rings. The molecule has 2 atom stereocenters. The Balaban J connectivity index is 1.79. The van der Waals surface area contributed by atoms with Gasteiger partial charge in [0.2, 0.25) is 0 Å². The summed E-state index contributed by atoms with van der Waals surface area (Å²) in [4.78, 5) is 27.3. The van der Waals surface area contributed by atoms with Gasteiger partial charge in [-0.15, -0.1) is 0 Å². The molecule has 0 aromatic heterocycles. The molecule has 6 nitrogen and oxygen atoms in total. The first-order chi connectivity index (χ1) is 14.5. The highest BCUT2D eigenvalue weighted by Gasteiger charge is 2.36. The van der Waals surface area contributed by atoms with E-state index in [1.54, 1.807) is 6.07 Å². The molecule has 2 amide bonds. The molecule has 2 aromatic carbocycles. The Morgan fingerprint density at radius 1 is 1.17 bits per heavy atom. The van der Waals surface area contributed by atoms with E-state index >= 15 is 0 Å². The molecule has 0 fully saturated rings. The summed E-state index contributed by atoms with van der Waals surface area (Å²) in [6.45, 7) is 7.87. The van der Waals surface area contributed by atoms with Crippen molar-refractivity contribution in [2.75, 3.05) is 25.1 Å². The molecule has 1 aliphatic heterocycles.